The van der Waals surface area contributed by atoms with E-state index in [0.29, 0.717) is 24.1 Å². The Morgan fingerprint density at radius 1 is 1.15 bits per heavy atom. The first-order valence-electron chi connectivity index (χ1n) is 10.6. The summed E-state index contributed by atoms with van der Waals surface area (Å²) in [6.45, 7) is 2.28. The predicted octanol–water partition coefficient (Wildman–Crippen LogP) is 3.21. The Kier molecular flexibility index (Phi) is 6.71. The van der Waals surface area contributed by atoms with Crippen molar-refractivity contribution in [1.29, 1.82) is 0 Å². The van der Waals surface area contributed by atoms with Crippen molar-refractivity contribution in [2.45, 2.75) is 19.6 Å². The van der Waals surface area contributed by atoms with Crippen LogP contribution in [-0.2, 0) is 24.3 Å². The van der Waals surface area contributed by atoms with E-state index < -0.39 is 5.91 Å². The minimum absolute atomic E-state index is 0.187. The molecular formula is C24H28N6O3. The number of benzene rings is 2. The number of nitrogens with two attached hydrogens (primary N) is 1. The van der Waals surface area contributed by atoms with E-state index in [2.05, 4.69) is 44.7 Å². The summed E-state index contributed by atoms with van der Waals surface area (Å²) < 4.78 is 10.9. The molecule has 0 saturated heterocycles. The van der Waals surface area contributed by atoms with Crippen LogP contribution in [0.1, 0.15) is 27.0 Å². The fraction of sp³-hybridized carbons (Fsp3) is 0.292. The lowest BCUT2D eigenvalue weighted by atomic mass is 9.99. The highest BCUT2D eigenvalue weighted by Crippen LogP contribution is 2.33. The molecule has 9 nitrogen and oxygen atoms in total. The molecule has 1 aliphatic rings. The van der Waals surface area contributed by atoms with E-state index in [1.165, 1.54) is 17.3 Å². The lowest BCUT2D eigenvalue weighted by Gasteiger charge is -2.26. The van der Waals surface area contributed by atoms with E-state index in [1.807, 2.05) is 24.3 Å². The van der Waals surface area contributed by atoms with Crippen molar-refractivity contribution in [3.05, 3.63) is 64.8 Å². The van der Waals surface area contributed by atoms with E-state index in [9.17, 15) is 4.79 Å². The molecule has 4 rings (SSSR count). The number of nitrogens with zero attached hydrogens (tertiary/aromatic N) is 3. The number of anilines is 4. The Labute approximate surface area is 192 Å². The zero-order chi connectivity index (χ0) is 23.4. The van der Waals surface area contributed by atoms with E-state index in [1.54, 1.807) is 14.2 Å². The summed E-state index contributed by atoms with van der Waals surface area (Å²) in [7, 11) is 5.37. The highest BCUT2D eigenvalue weighted by molar-refractivity contribution is 5.98. The van der Waals surface area contributed by atoms with Gasteiger partial charge in [0.2, 0.25) is 5.95 Å². The fourth-order valence-electron chi connectivity index (χ4n) is 3.88. The van der Waals surface area contributed by atoms with E-state index in [4.69, 9.17) is 15.2 Å². The van der Waals surface area contributed by atoms with Crippen molar-refractivity contribution in [3.63, 3.8) is 0 Å². The molecule has 172 valence electrons. The number of primary amides is 1. The molecule has 0 spiro atoms. The molecule has 1 aliphatic heterocycles. The maximum Gasteiger partial charge on any atom is 0.254 e. The van der Waals surface area contributed by atoms with E-state index in [-0.39, 0.29) is 5.56 Å². The molecule has 0 bridgehead atoms. The number of rotatable bonds is 8. The molecule has 2 heterocycles. The quantitative estimate of drug-likeness (QED) is 0.481. The minimum atomic E-state index is -0.623. The highest BCUT2D eigenvalue weighted by Gasteiger charge is 2.19. The average Bonchev–Trinajstić information content (AvgIpc) is 2.80. The number of hydrogen-bond acceptors (Lipinski definition) is 8. The molecule has 0 radical (unpaired) electrons. The molecular weight excluding hydrogens is 420 g/mol. The van der Waals surface area contributed by atoms with E-state index in [0.717, 1.165) is 36.4 Å². The molecule has 0 aliphatic carbocycles. The fourth-order valence-corrected chi connectivity index (χ4v) is 3.88. The molecule has 3 aromatic rings. The second-order valence-electron chi connectivity index (χ2n) is 7.97. The van der Waals surface area contributed by atoms with E-state index >= 15 is 0 Å². The molecule has 1 aromatic heterocycles. The van der Waals surface area contributed by atoms with Gasteiger partial charge in [-0.2, -0.15) is 4.98 Å². The number of amides is 1. The molecule has 0 fully saturated rings. The lowest BCUT2D eigenvalue weighted by molar-refractivity contribution is 0.100. The van der Waals surface area contributed by atoms with Gasteiger partial charge in [-0.05, 0) is 42.8 Å². The number of carbonyl (C=O) groups is 1. The van der Waals surface area contributed by atoms with Crippen LogP contribution in [0.15, 0.2) is 42.6 Å². The number of methoxy groups -OCH3 is 2. The third-order valence-corrected chi connectivity index (χ3v) is 5.60. The van der Waals surface area contributed by atoms with Gasteiger partial charge < -0.3 is 30.7 Å². The van der Waals surface area contributed by atoms with Crippen LogP contribution in [0, 0.1) is 0 Å². The monoisotopic (exact) mass is 448 g/mol. The normalized spacial score (nSPS) is 13.3. The summed E-state index contributed by atoms with van der Waals surface area (Å²) in [6.07, 6.45) is 2.39. The van der Waals surface area contributed by atoms with Gasteiger partial charge in [0.25, 0.3) is 5.91 Å². The number of carbonyl (C=O) groups excluding carboxylic acids is 1. The smallest absolute Gasteiger partial charge is 0.254 e. The second kappa shape index (κ2) is 9.85. The average molecular weight is 449 g/mol. The first-order valence-corrected chi connectivity index (χ1v) is 10.6. The molecule has 0 atom stereocenters. The van der Waals surface area contributed by atoms with Crippen molar-refractivity contribution in [3.8, 4) is 5.75 Å². The highest BCUT2D eigenvalue weighted by atomic mass is 16.5. The van der Waals surface area contributed by atoms with Gasteiger partial charge in [0.1, 0.15) is 17.1 Å². The van der Waals surface area contributed by atoms with Crippen molar-refractivity contribution in [2.75, 3.05) is 38.4 Å². The molecule has 4 N–H and O–H groups in total. The second-order valence-corrected chi connectivity index (χ2v) is 7.97. The first kappa shape index (κ1) is 22.5. The van der Waals surface area contributed by atoms with Crippen molar-refractivity contribution >= 4 is 29.0 Å². The van der Waals surface area contributed by atoms with Gasteiger partial charge in [-0.1, -0.05) is 18.2 Å². The summed E-state index contributed by atoms with van der Waals surface area (Å²) in [6, 6.07) is 11.8. The first-order chi connectivity index (χ1) is 16.0. The number of fused-ring (bicyclic) bond motifs is 1. The molecule has 0 saturated carbocycles. The Balaban J connectivity index is 1.68. The molecule has 2 aromatic carbocycles. The van der Waals surface area contributed by atoms with Crippen LogP contribution in [0.5, 0.6) is 5.75 Å². The summed E-state index contributed by atoms with van der Waals surface area (Å²) in [5.74, 6) is 0.706. The van der Waals surface area contributed by atoms with Crippen LogP contribution in [0.4, 0.5) is 23.1 Å². The minimum Gasteiger partial charge on any atom is -0.495 e. The maximum atomic E-state index is 12.0. The number of aromatic nitrogens is 2. The number of hydrogen-bond donors (Lipinski definition) is 3. The van der Waals surface area contributed by atoms with Crippen molar-refractivity contribution < 1.29 is 14.3 Å². The zero-order valence-electron chi connectivity index (χ0n) is 19.0. The Bertz CT molecular complexity index is 1170. The van der Waals surface area contributed by atoms with Crippen molar-refractivity contribution in [1.82, 2.24) is 14.9 Å². The third-order valence-electron chi connectivity index (χ3n) is 5.60. The SMILES string of the molecule is COCc1ccccc1Nc1nc(Nc2cc3c(cc2OC)CCN(C)C3)ncc1C(N)=O. The van der Waals surface area contributed by atoms with Crippen molar-refractivity contribution in [2.24, 2.45) is 5.73 Å². The van der Waals surface area contributed by atoms with Crippen LogP contribution in [0.2, 0.25) is 0 Å². The van der Waals surface area contributed by atoms with Crippen LogP contribution in [0.3, 0.4) is 0 Å². The van der Waals surface area contributed by atoms with Crippen LogP contribution >= 0.6 is 0 Å². The zero-order valence-corrected chi connectivity index (χ0v) is 19.0. The Morgan fingerprint density at radius 3 is 2.73 bits per heavy atom. The standard InChI is InChI=1S/C24H28N6O3/c1-30-9-8-15-11-21(33-3)20(10-17(15)13-30)28-24-26-12-18(22(25)31)23(29-24)27-19-7-5-4-6-16(19)14-32-2/h4-7,10-12H,8-9,13-14H2,1-3H3,(H2,25,31)(H2,26,27,28,29). The molecule has 33 heavy (non-hydrogen) atoms. The largest absolute Gasteiger partial charge is 0.495 e. The summed E-state index contributed by atoms with van der Waals surface area (Å²) in [5.41, 5.74) is 10.7. The van der Waals surface area contributed by atoms with Gasteiger partial charge in [0.15, 0.2) is 0 Å². The molecule has 9 heteroatoms. The molecule has 0 unspecified atom stereocenters. The van der Waals surface area contributed by atoms with Crippen LogP contribution in [-0.4, -0.2) is 48.6 Å². The predicted molar refractivity (Wildman–Crippen MR) is 127 cm³/mol. The summed E-state index contributed by atoms with van der Waals surface area (Å²) >= 11 is 0. The van der Waals surface area contributed by atoms with Gasteiger partial charge in [0, 0.05) is 37.6 Å². The van der Waals surface area contributed by atoms with Crippen LogP contribution in [0.25, 0.3) is 0 Å². The van der Waals surface area contributed by atoms with Gasteiger partial charge >= 0.3 is 0 Å². The Morgan fingerprint density at radius 2 is 1.97 bits per heavy atom. The van der Waals surface area contributed by atoms with Gasteiger partial charge in [-0.25, -0.2) is 4.98 Å². The van der Waals surface area contributed by atoms with Gasteiger partial charge in [0.05, 0.1) is 19.4 Å². The Hall–Kier alpha value is -3.69. The van der Waals surface area contributed by atoms with Crippen LogP contribution < -0.4 is 21.1 Å². The topological polar surface area (TPSA) is 115 Å². The summed E-state index contributed by atoms with van der Waals surface area (Å²) in [4.78, 5) is 23.1. The molecule has 1 amide bonds. The summed E-state index contributed by atoms with van der Waals surface area (Å²) in [5, 5.41) is 6.45. The van der Waals surface area contributed by atoms with Gasteiger partial charge in [-0.15, -0.1) is 0 Å². The number of ether oxygens (including phenoxy) is 2. The number of para-hydroxylation sites is 1. The number of likely N-dealkylation sites (N-methyl/N-ethyl adjacent to an activating group) is 1. The maximum absolute atomic E-state index is 12.0. The van der Waals surface area contributed by atoms with Gasteiger partial charge in [-0.3, -0.25) is 4.79 Å². The third kappa shape index (κ3) is 5.05. The number of nitrogens with one attached hydrogen (secondary N) is 2. The lowest BCUT2D eigenvalue weighted by Crippen LogP contribution is -2.26.